The van der Waals surface area contributed by atoms with Crippen LogP contribution in [0.15, 0.2) is 18.2 Å². The number of rotatable bonds is 7. The predicted octanol–water partition coefficient (Wildman–Crippen LogP) is 1.37. The van der Waals surface area contributed by atoms with Crippen LogP contribution in [0.3, 0.4) is 0 Å². The molecule has 20 heavy (non-hydrogen) atoms. The molecule has 1 aromatic rings. The molecule has 0 aliphatic carbocycles. The van der Waals surface area contributed by atoms with Crippen molar-refractivity contribution < 1.29 is 17.9 Å². The minimum Gasteiger partial charge on any atom is -0.454 e. The fraction of sp³-hybridized carbons (Fsp3) is 0.571. The summed E-state index contributed by atoms with van der Waals surface area (Å²) in [6.45, 7) is 2.86. The molecule has 0 radical (unpaired) electrons. The molecule has 0 saturated carbocycles. The summed E-state index contributed by atoms with van der Waals surface area (Å²) in [4.78, 5) is 0. The Hall–Kier alpha value is -1.27. The Morgan fingerprint density at radius 3 is 2.80 bits per heavy atom. The summed E-state index contributed by atoms with van der Waals surface area (Å²) in [6.07, 6.45) is 3.12. The van der Waals surface area contributed by atoms with Crippen LogP contribution in [0.25, 0.3) is 0 Å². The third-order valence-electron chi connectivity index (χ3n) is 3.27. The van der Waals surface area contributed by atoms with Crippen LogP contribution in [0.1, 0.15) is 18.9 Å². The van der Waals surface area contributed by atoms with Gasteiger partial charge in [-0.15, -0.1) is 0 Å². The lowest BCUT2D eigenvalue weighted by molar-refractivity contribution is 0.174. The van der Waals surface area contributed by atoms with Gasteiger partial charge in [-0.2, -0.15) is 0 Å². The third-order valence-corrected chi connectivity index (χ3v) is 4.21. The van der Waals surface area contributed by atoms with Gasteiger partial charge in [0, 0.05) is 18.8 Å². The summed E-state index contributed by atoms with van der Waals surface area (Å²) >= 11 is 0. The van der Waals surface area contributed by atoms with Crippen molar-refractivity contribution in [2.75, 3.05) is 25.3 Å². The molecular weight excluding hydrogens is 278 g/mol. The van der Waals surface area contributed by atoms with Crippen molar-refractivity contribution in [3.05, 3.63) is 23.8 Å². The average molecular weight is 299 g/mol. The van der Waals surface area contributed by atoms with Gasteiger partial charge < -0.3 is 14.8 Å². The fourth-order valence-corrected chi connectivity index (χ4v) is 2.56. The van der Waals surface area contributed by atoms with Gasteiger partial charge in [0.1, 0.15) is 9.84 Å². The van der Waals surface area contributed by atoms with E-state index in [-0.39, 0.29) is 11.8 Å². The van der Waals surface area contributed by atoms with Gasteiger partial charge in [0.25, 0.3) is 0 Å². The normalized spacial score (nSPS) is 15.3. The molecule has 0 spiro atoms. The second-order valence-corrected chi connectivity index (χ2v) is 7.47. The monoisotopic (exact) mass is 299 g/mol. The number of nitrogens with one attached hydrogen (secondary N) is 1. The summed E-state index contributed by atoms with van der Waals surface area (Å²) in [5.74, 6) is 1.79. The maximum atomic E-state index is 11.0. The molecule has 1 aliphatic heterocycles. The van der Waals surface area contributed by atoms with Crippen molar-refractivity contribution in [3.63, 3.8) is 0 Å². The van der Waals surface area contributed by atoms with Gasteiger partial charge in [-0.3, -0.25) is 0 Å². The van der Waals surface area contributed by atoms with Crippen LogP contribution in [0.2, 0.25) is 0 Å². The highest BCUT2D eigenvalue weighted by Gasteiger charge is 2.13. The summed E-state index contributed by atoms with van der Waals surface area (Å²) in [5, 5.41) is 3.23. The van der Waals surface area contributed by atoms with E-state index in [4.69, 9.17) is 9.47 Å². The van der Waals surface area contributed by atoms with E-state index in [0.717, 1.165) is 24.3 Å². The molecule has 2 rings (SSSR count). The zero-order valence-corrected chi connectivity index (χ0v) is 12.7. The Kier molecular flexibility index (Phi) is 4.88. The van der Waals surface area contributed by atoms with Crippen LogP contribution < -0.4 is 14.8 Å². The Bertz CT molecular complexity index is 556. The molecule has 0 saturated heterocycles. The molecule has 5 nitrogen and oxygen atoms in total. The first kappa shape index (κ1) is 15.1. The molecule has 6 heteroatoms. The van der Waals surface area contributed by atoms with Crippen molar-refractivity contribution in [1.29, 1.82) is 0 Å². The molecular formula is C14H21NO4S. The molecule has 1 heterocycles. The Labute approximate surface area is 120 Å². The van der Waals surface area contributed by atoms with Crippen LogP contribution >= 0.6 is 0 Å². The first-order valence-electron chi connectivity index (χ1n) is 6.74. The van der Waals surface area contributed by atoms with E-state index in [9.17, 15) is 8.42 Å². The van der Waals surface area contributed by atoms with E-state index in [1.165, 1.54) is 11.8 Å². The lowest BCUT2D eigenvalue weighted by Crippen LogP contribution is -2.31. The lowest BCUT2D eigenvalue weighted by Gasteiger charge is -2.13. The van der Waals surface area contributed by atoms with Gasteiger partial charge in [0.15, 0.2) is 11.5 Å². The van der Waals surface area contributed by atoms with Gasteiger partial charge in [0.05, 0.1) is 5.75 Å². The highest BCUT2D eigenvalue weighted by Crippen LogP contribution is 2.32. The van der Waals surface area contributed by atoms with Crippen molar-refractivity contribution in [1.82, 2.24) is 5.32 Å². The maximum absolute atomic E-state index is 11.0. The van der Waals surface area contributed by atoms with E-state index >= 15 is 0 Å². The molecule has 0 aromatic heterocycles. The van der Waals surface area contributed by atoms with E-state index in [1.54, 1.807) is 0 Å². The fourth-order valence-electron chi connectivity index (χ4n) is 2.07. The summed E-state index contributed by atoms with van der Waals surface area (Å²) in [7, 11) is -2.89. The topological polar surface area (TPSA) is 64.6 Å². The predicted molar refractivity (Wildman–Crippen MR) is 78.1 cm³/mol. The third kappa shape index (κ3) is 4.68. The summed E-state index contributed by atoms with van der Waals surface area (Å²) < 4.78 is 32.7. The Morgan fingerprint density at radius 2 is 2.05 bits per heavy atom. The minimum absolute atomic E-state index is 0.182. The zero-order chi connectivity index (χ0) is 14.6. The molecule has 0 bridgehead atoms. The average Bonchev–Trinajstić information content (AvgIpc) is 2.82. The van der Waals surface area contributed by atoms with Crippen molar-refractivity contribution in [2.45, 2.75) is 25.8 Å². The van der Waals surface area contributed by atoms with Crippen LogP contribution in [-0.4, -0.2) is 39.8 Å². The van der Waals surface area contributed by atoms with E-state index in [2.05, 4.69) is 12.2 Å². The second-order valence-electron chi connectivity index (χ2n) is 5.21. The Balaban J connectivity index is 1.74. The number of benzene rings is 1. The van der Waals surface area contributed by atoms with Gasteiger partial charge in [0.2, 0.25) is 6.79 Å². The smallest absolute Gasteiger partial charge is 0.231 e. The summed E-state index contributed by atoms with van der Waals surface area (Å²) in [5.41, 5.74) is 1.20. The largest absolute Gasteiger partial charge is 0.454 e. The molecule has 0 fully saturated rings. The number of hydrogen-bond donors (Lipinski definition) is 1. The quantitative estimate of drug-likeness (QED) is 0.824. The van der Waals surface area contributed by atoms with Gasteiger partial charge in [-0.25, -0.2) is 8.42 Å². The lowest BCUT2D eigenvalue weighted by atomic mass is 10.1. The molecule has 0 amide bonds. The number of sulfone groups is 1. The number of aryl methyl sites for hydroxylation is 1. The first-order valence-corrected chi connectivity index (χ1v) is 8.80. The highest BCUT2D eigenvalue weighted by molar-refractivity contribution is 7.90. The molecule has 1 N–H and O–H groups in total. The zero-order valence-electron chi connectivity index (χ0n) is 11.9. The van der Waals surface area contributed by atoms with Crippen LogP contribution in [0, 0.1) is 0 Å². The molecule has 1 aromatic carbocycles. The standard InChI is InChI=1S/C14H21NO4S/c1-11(15-7-8-20(2,16)17)3-4-12-5-6-13-14(9-12)19-10-18-13/h5-6,9,11,15H,3-4,7-8,10H2,1-2H3. The van der Waals surface area contributed by atoms with Crippen molar-refractivity contribution in [2.24, 2.45) is 0 Å². The molecule has 1 atom stereocenters. The summed E-state index contributed by atoms with van der Waals surface area (Å²) in [6, 6.07) is 6.25. The SMILES string of the molecule is CC(CCc1ccc2c(c1)OCO2)NCCS(C)(=O)=O. The molecule has 1 unspecified atom stereocenters. The van der Waals surface area contributed by atoms with E-state index < -0.39 is 9.84 Å². The van der Waals surface area contributed by atoms with Crippen LogP contribution in [-0.2, 0) is 16.3 Å². The number of ether oxygens (including phenoxy) is 2. The maximum Gasteiger partial charge on any atom is 0.231 e. The molecule has 1 aliphatic rings. The highest BCUT2D eigenvalue weighted by atomic mass is 32.2. The van der Waals surface area contributed by atoms with Crippen molar-refractivity contribution >= 4 is 9.84 Å². The second kappa shape index (κ2) is 6.45. The number of fused-ring (bicyclic) bond motifs is 1. The molecule has 112 valence electrons. The number of hydrogen-bond acceptors (Lipinski definition) is 5. The van der Waals surface area contributed by atoms with Crippen molar-refractivity contribution in [3.8, 4) is 11.5 Å². The van der Waals surface area contributed by atoms with Gasteiger partial charge in [-0.1, -0.05) is 6.07 Å². The Morgan fingerprint density at radius 1 is 1.30 bits per heavy atom. The minimum atomic E-state index is -2.89. The van der Waals surface area contributed by atoms with Crippen LogP contribution in [0.4, 0.5) is 0 Å². The van der Waals surface area contributed by atoms with Gasteiger partial charge >= 0.3 is 0 Å². The van der Waals surface area contributed by atoms with Crippen LogP contribution in [0.5, 0.6) is 11.5 Å². The first-order chi connectivity index (χ1) is 9.44. The van der Waals surface area contributed by atoms with E-state index in [0.29, 0.717) is 13.3 Å². The van der Waals surface area contributed by atoms with E-state index in [1.807, 2.05) is 18.2 Å². The van der Waals surface area contributed by atoms with Gasteiger partial charge in [-0.05, 0) is 37.5 Å².